The van der Waals surface area contributed by atoms with Crippen molar-refractivity contribution in [2.75, 3.05) is 24.8 Å². The van der Waals surface area contributed by atoms with Crippen LogP contribution in [0.4, 0.5) is 15.9 Å². The first-order valence-corrected chi connectivity index (χ1v) is 13.2. The topological polar surface area (TPSA) is 169 Å². The summed E-state index contributed by atoms with van der Waals surface area (Å²) in [6, 6.07) is 17.0. The van der Waals surface area contributed by atoms with Gasteiger partial charge in [0.25, 0.3) is 11.5 Å². The summed E-state index contributed by atoms with van der Waals surface area (Å²) >= 11 is 6.04. The average Bonchev–Trinajstić information content (AvgIpc) is 3.01. The highest BCUT2D eigenvalue weighted by molar-refractivity contribution is 6.31. The van der Waals surface area contributed by atoms with Gasteiger partial charge in [-0.15, -0.1) is 0 Å². The quantitative estimate of drug-likeness (QED) is 0.199. The first kappa shape index (κ1) is 31.4. The molecule has 0 saturated heterocycles. The molecule has 226 valence electrons. The van der Waals surface area contributed by atoms with E-state index < -0.39 is 65.2 Å². The van der Waals surface area contributed by atoms with Gasteiger partial charge in [0.15, 0.2) is 6.61 Å². The second-order valence-electron chi connectivity index (χ2n) is 9.23. The monoisotopic (exact) mass is 622 g/mol. The van der Waals surface area contributed by atoms with Gasteiger partial charge in [-0.1, -0.05) is 41.9 Å². The standard InChI is InChI=1S/C30H24ClFN4O8/c1-43-24(38)15-36-28(40)25(26(33)35(30(36)42)14-17-5-3-2-4-6-17)23(37)16-44-29(41)21-12-9-19(31)13-22(21)34-27(39)18-7-10-20(32)11-8-18/h2-13H,14-16,33H2,1H3,(H,34,39). The van der Waals surface area contributed by atoms with Gasteiger partial charge in [0, 0.05) is 10.6 Å². The third kappa shape index (κ3) is 7.07. The van der Waals surface area contributed by atoms with E-state index in [2.05, 4.69) is 10.1 Å². The Kier molecular flexibility index (Phi) is 9.71. The highest BCUT2D eigenvalue weighted by Gasteiger charge is 2.26. The largest absolute Gasteiger partial charge is 0.468 e. The molecule has 0 unspecified atom stereocenters. The van der Waals surface area contributed by atoms with Gasteiger partial charge in [0.1, 0.15) is 23.7 Å². The number of halogens is 2. The molecular weight excluding hydrogens is 599 g/mol. The van der Waals surface area contributed by atoms with Gasteiger partial charge in [-0.3, -0.25) is 23.7 Å². The molecule has 0 fully saturated rings. The van der Waals surface area contributed by atoms with Gasteiger partial charge in [-0.05, 0) is 48.0 Å². The smallest absolute Gasteiger partial charge is 0.340 e. The molecule has 3 aromatic carbocycles. The van der Waals surface area contributed by atoms with Crippen molar-refractivity contribution in [1.82, 2.24) is 9.13 Å². The maximum absolute atomic E-state index is 13.3. The predicted molar refractivity (Wildman–Crippen MR) is 157 cm³/mol. The molecule has 0 bridgehead atoms. The molecule has 4 aromatic rings. The van der Waals surface area contributed by atoms with Gasteiger partial charge in [-0.25, -0.2) is 18.5 Å². The molecule has 4 rings (SSSR count). The van der Waals surface area contributed by atoms with Crippen molar-refractivity contribution >= 4 is 46.7 Å². The minimum absolute atomic E-state index is 0.0689. The number of esters is 2. The van der Waals surface area contributed by atoms with Crippen molar-refractivity contribution in [3.05, 3.63) is 127 Å². The average molecular weight is 623 g/mol. The number of nitrogens with one attached hydrogen (secondary N) is 1. The number of ether oxygens (including phenoxy) is 2. The molecule has 44 heavy (non-hydrogen) atoms. The number of benzene rings is 3. The fourth-order valence-corrected chi connectivity index (χ4v) is 4.28. The number of methoxy groups -OCH3 is 1. The summed E-state index contributed by atoms with van der Waals surface area (Å²) in [6.45, 7) is -1.94. The molecule has 0 aliphatic rings. The Morgan fingerprint density at radius 3 is 2.30 bits per heavy atom. The summed E-state index contributed by atoms with van der Waals surface area (Å²) in [5, 5.41) is 2.65. The number of aromatic nitrogens is 2. The maximum Gasteiger partial charge on any atom is 0.340 e. The molecular formula is C30H24ClFN4O8. The first-order valence-electron chi connectivity index (χ1n) is 12.8. The van der Waals surface area contributed by atoms with Crippen LogP contribution in [0.5, 0.6) is 0 Å². The normalized spacial score (nSPS) is 10.6. The molecule has 0 aliphatic heterocycles. The lowest BCUT2D eigenvalue weighted by Gasteiger charge is -2.16. The molecule has 0 radical (unpaired) electrons. The van der Waals surface area contributed by atoms with E-state index in [0.29, 0.717) is 10.1 Å². The number of rotatable bonds is 10. The van der Waals surface area contributed by atoms with Crippen molar-refractivity contribution in [2.45, 2.75) is 13.1 Å². The van der Waals surface area contributed by atoms with Crippen molar-refractivity contribution in [3.63, 3.8) is 0 Å². The summed E-state index contributed by atoms with van der Waals surface area (Å²) in [6.07, 6.45) is 0. The van der Waals surface area contributed by atoms with E-state index in [9.17, 15) is 33.2 Å². The van der Waals surface area contributed by atoms with Crippen LogP contribution in [0, 0.1) is 5.82 Å². The minimum atomic E-state index is -1.18. The highest BCUT2D eigenvalue weighted by Crippen LogP contribution is 2.23. The predicted octanol–water partition coefficient (Wildman–Crippen LogP) is 2.90. The van der Waals surface area contributed by atoms with Gasteiger partial charge in [0.2, 0.25) is 5.78 Å². The number of Topliss-reactive ketones (excluding diaryl/α,β-unsaturated/α-hetero) is 1. The number of nitrogens with two attached hydrogens (primary N) is 1. The zero-order chi connectivity index (χ0) is 32.0. The van der Waals surface area contributed by atoms with Crippen LogP contribution >= 0.6 is 11.6 Å². The van der Waals surface area contributed by atoms with Gasteiger partial charge >= 0.3 is 17.6 Å². The van der Waals surface area contributed by atoms with E-state index >= 15 is 0 Å². The lowest BCUT2D eigenvalue weighted by molar-refractivity contribution is -0.141. The van der Waals surface area contributed by atoms with Crippen LogP contribution in [0.3, 0.4) is 0 Å². The van der Waals surface area contributed by atoms with Crippen LogP contribution in [0.25, 0.3) is 0 Å². The molecule has 0 saturated carbocycles. The summed E-state index contributed by atoms with van der Waals surface area (Å²) in [5.74, 6) is -4.79. The highest BCUT2D eigenvalue weighted by atomic mass is 35.5. The molecule has 0 atom stereocenters. The Hall–Kier alpha value is -5.56. The lowest BCUT2D eigenvalue weighted by atomic mass is 10.1. The number of amides is 1. The Balaban J connectivity index is 1.62. The van der Waals surface area contributed by atoms with Crippen LogP contribution < -0.4 is 22.3 Å². The molecule has 12 nitrogen and oxygen atoms in total. The number of carbonyl (C=O) groups excluding carboxylic acids is 4. The Morgan fingerprint density at radius 2 is 1.64 bits per heavy atom. The number of hydrogen-bond donors (Lipinski definition) is 2. The Labute approximate surface area is 253 Å². The maximum atomic E-state index is 13.3. The van der Waals surface area contributed by atoms with Gasteiger partial charge in [0.05, 0.1) is 24.9 Å². The summed E-state index contributed by atoms with van der Waals surface area (Å²) in [4.78, 5) is 77.2. The van der Waals surface area contributed by atoms with E-state index in [0.717, 1.165) is 23.8 Å². The number of nitrogen functional groups attached to an aromatic ring is 1. The number of nitrogens with zero attached hydrogens (tertiary/aromatic N) is 2. The van der Waals surface area contributed by atoms with E-state index in [4.69, 9.17) is 22.1 Å². The molecule has 0 spiro atoms. The van der Waals surface area contributed by atoms with Crippen molar-refractivity contribution < 1.29 is 33.0 Å². The molecule has 1 aromatic heterocycles. The van der Waals surface area contributed by atoms with E-state index in [-0.39, 0.29) is 28.4 Å². The van der Waals surface area contributed by atoms with Crippen LogP contribution in [-0.4, -0.2) is 46.5 Å². The van der Waals surface area contributed by atoms with Crippen molar-refractivity contribution in [2.24, 2.45) is 0 Å². The minimum Gasteiger partial charge on any atom is -0.468 e. The van der Waals surface area contributed by atoms with Crippen molar-refractivity contribution in [3.8, 4) is 0 Å². The molecule has 1 amide bonds. The molecule has 1 heterocycles. The second kappa shape index (κ2) is 13.6. The summed E-state index contributed by atoms with van der Waals surface area (Å²) < 4.78 is 24.4. The third-order valence-corrected chi connectivity index (χ3v) is 6.57. The summed E-state index contributed by atoms with van der Waals surface area (Å²) in [5.41, 5.74) is 3.74. The van der Waals surface area contributed by atoms with Gasteiger partial charge < -0.3 is 20.5 Å². The Morgan fingerprint density at radius 1 is 0.955 bits per heavy atom. The number of carbonyl (C=O) groups is 4. The van der Waals surface area contributed by atoms with Crippen molar-refractivity contribution in [1.29, 1.82) is 0 Å². The summed E-state index contributed by atoms with van der Waals surface area (Å²) in [7, 11) is 1.06. The van der Waals surface area contributed by atoms with E-state index in [1.165, 1.54) is 30.3 Å². The third-order valence-electron chi connectivity index (χ3n) is 6.34. The molecule has 14 heteroatoms. The SMILES string of the molecule is COC(=O)Cn1c(=O)c(C(=O)COC(=O)c2ccc(Cl)cc2NC(=O)c2ccc(F)cc2)c(N)n(Cc2ccccc2)c1=O. The van der Waals surface area contributed by atoms with Crippen LogP contribution in [-0.2, 0) is 27.4 Å². The zero-order valence-corrected chi connectivity index (χ0v) is 23.8. The second-order valence-corrected chi connectivity index (χ2v) is 9.67. The van der Waals surface area contributed by atoms with Crippen LogP contribution in [0.1, 0.15) is 36.6 Å². The number of ketones is 1. The lowest BCUT2D eigenvalue weighted by Crippen LogP contribution is -2.46. The first-order chi connectivity index (χ1) is 21.0. The van der Waals surface area contributed by atoms with Crippen LogP contribution in [0.15, 0.2) is 82.4 Å². The van der Waals surface area contributed by atoms with Crippen LogP contribution in [0.2, 0.25) is 5.02 Å². The zero-order valence-electron chi connectivity index (χ0n) is 23.0. The fourth-order valence-electron chi connectivity index (χ4n) is 4.10. The number of anilines is 2. The molecule has 3 N–H and O–H groups in total. The fraction of sp³-hybridized carbons (Fsp3) is 0.133. The van der Waals surface area contributed by atoms with E-state index in [1.807, 2.05) is 0 Å². The molecule has 0 aliphatic carbocycles. The number of hydrogen-bond acceptors (Lipinski definition) is 9. The van der Waals surface area contributed by atoms with E-state index in [1.54, 1.807) is 30.3 Å². The van der Waals surface area contributed by atoms with Gasteiger partial charge in [-0.2, -0.15) is 0 Å². The Bertz CT molecular complexity index is 1870.